The molecule has 0 spiro atoms. The van der Waals surface area contributed by atoms with Crippen LogP contribution in [0.25, 0.3) is 33.3 Å². The number of hydrogen-bond acceptors (Lipinski definition) is 5. The van der Waals surface area contributed by atoms with E-state index in [1.807, 2.05) is 24.3 Å². The van der Waals surface area contributed by atoms with Gasteiger partial charge >= 0.3 is 0 Å². The molecular weight excluding hydrogens is 408 g/mol. The van der Waals surface area contributed by atoms with Gasteiger partial charge in [0.15, 0.2) is 0 Å². The van der Waals surface area contributed by atoms with E-state index in [0.29, 0.717) is 22.6 Å². The smallest absolute Gasteiger partial charge is 0.227 e. The molecular formula is C28H28N4O. The minimum Gasteiger partial charge on any atom is -0.438 e. The number of fused-ring (bicyclic) bond motifs is 3. The van der Waals surface area contributed by atoms with Gasteiger partial charge in [-0.25, -0.2) is 4.98 Å². The van der Waals surface area contributed by atoms with Gasteiger partial charge in [0, 0.05) is 48.8 Å². The van der Waals surface area contributed by atoms with Gasteiger partial charge < -0.3 is 4.42 Å². The lowest BCUT2D eigenvalue weighted by molar-refractivity contribution is 0.618. The lowest BCUT2D eigenvalue weighted by Gasteiger charge is -2.25. The molecule has 5 heteroatoms. The first-order chi connectivity index (χ1) is 17.8. The molecule has 0 saturated heterocycles. The molecule has 166 valence electrons. The second-order valence-corrected chi connectivity index (χ2v) is 8.99. The van der Waals surface area contributed by atoms with Crippen LogP contribution in [0.2, 0.25) is 0 Å². The third-order valence-electron chi connectivity index (χ3n) is 5.88. The summed E-state index contributed by atoms with van der Waals surface area (Å²) in [4.78, 5) is 17.8. The standard InChI is InChI=1S/C28H28N4O/c1-17(2)12-19-14-23(31-15-18(19)3)20-13-22-25-24(33-27(22)32-16-20)8-11-30-26(25)28(4,5)21-6-9-29-10-7-21/h6-11,13-17H,12H2,1-5H3/i3D3,12D2. The molecule has 0 bridgehead atoms. The summed E-state index contributed by atoms with van der Waals surface area (Å²) in [5.74, 6) is -0.443. The molecule has 0 N–H and O–H groups in total. The van der Waals surface area contributed by atoms with Crippen molar-refractivity contribution in [1.82, 2.24) is 19.9 Å². The van der Waals surface area contributed by atoms with Crippen molar-refractivity contribution >= 4 is 22.1 Å². The monoisotopic (exact) mass is 441 g/mol. The minimum absolute atomic E-state index is 0.0895. The van der Waals surface area contributed by atoms with Gasteiger partial charge in [-0.2, -0.15) is 0 Å². The lowest BCUT2D eigenvalue weighted by atomic mass is 9.80. The van der Waals surface area contributed by atoms with Crippen molar-refractivity contribution in [2.24, 2.45) is 5.92 Å². The largest absolute Gasteiger partial charge is 0.438 e. The Bertz CT molecular complexity index is 1640. The topological polar surface area (TPSA) is 64.7 Å². The third kappa shape index (κ3) is 3.78. The first-order valence-corrected chi connectivity index (χ1v) is 10.9. The fourth-order valence-electron chi connectivity index (χ4n) is 4.17. The molecule has 0 fully saturated rings. The first kappa shape index (κ1) is 16.1. The number of nitrogens with zero attached hydrogens (tertiary/aromatic N) is 4. The molecule has 5 rings (SSSR count). The van der Waals surface area contributed by atoms with Crippen LogP contribution in [0.1, 0.15) is 56.9 Å². The summed E-state index contributed by atoms with van der Waals surface area (Å²) in [6.45, 7) is 5.15. The number of pyridine rings is 4. The maximum atomic E-state index is 8.64. The van der Waals surface area contributed by atoms with Crippen molar-refractivity contribution in [3.8, 4) is 11.3 Å². The third-order valence-corrected chi connectivity index (χ3v) is 5.88. The SMILES string of the molecule is [2H]C([2H])([2H])c1cnc(-c2cnc3oc4ccnc(C(C)(C)c5ccncc5)c4c3c2)cc1C([2H])([2H])C(C)C. The summed E-state index contributed by atoms with van der Waals surface area (Å²) in [6.07, 6.45) is 6.23. The van der Waals surface area contributed by atoms with Gasteiger partial charge in [0.05, 0.1) is 22.2 Å². The van der Waals surface area contributed by atoms with Gasteiger partial charge in [0.25, 0.3) is 0 Å². The second kappa shape index (κ2) is 8.07. The Hall–Kier alpha value is -3.60. The molecule has 0 aromatic carbocycles. The van der Waals surface area contributed by atoms with Crippen LogP contribution >= 0.6 is 0 Å². The van der Waals surface area contributed by atoms with Crippen molar-refractivity contribution < 1.29 is 11.3 Å². The van der Waals surface area contributed by atoms with Crippen LogP contribution < -0.4 is 0 Å². The van der Waals surface area contributed by atoms with Gasteiger partial charge in [-0.05, 0) is 66.2 Å². The highest BCUT2D eigenvalue weighted by Crippen LogP contribution is 2.39. The van der Waals surface area contributed by atoms with E-state index in [9.17, 15) is 0 Å². The van der Waals surface area contributed by atoms with Crippen molar-refractivity contribution in [3.63, 3.8) is 0 Å². The normalized spacial score (nSPS) is 15.2. The summed E-state index contributed by atoms with van der Waals surface area (Å²) in [6, 6.07) is 9.17. The summed E-state index contributed by atoms with van der Waals surface area (Å²) >= 11 is 0. The molecule has 5 heterocycles. The summed E-state index contributed by atoms with van der Waals surface area (Å²) in [7, 11) is 0. The number of aromatic nitrogens is 4. The fourth-order valence-corrected chi connectivity index (χ4v) is 4.17. The Balaban J connectivity index is 1.73. The first-order valence-electron chi connectivity index (χ1n) is 13.4. The number of rotatable bonds is 5. The zero-order valence-electron chi connectivity index (χ0n) is 24.0. The predicted molar refractivity (Wildman–Crippen MR) is 132 cm³/mol. The van der Waals surface area contributed by atoms with E-state index in [0.717, 1.165) is 22.0 Å². The second-order valence-electron chi connectivity index (χ2n) is 8.99. The van der Waals surface area contributed by atoms with Crippen LogP contribution in [0.5, 0.6) is 0 Å². The number of furan rings is 1. The zero-order valence-corrected chi connectivity index (χ0v) is 19.0. The molecule has 5 aromatic rings. The maximum Gasteiger partial charge on any atom is 0.227 e. The Morgan fingerprint density at radius 2 is 1.85 bits per heavy atom. The van der Waals surface area contributed by atoms with Crippen LogP contribution in [0.4, 0.5) is 0 Å². The van der Waals surface area contributed by atoms with E-state index in [4.69, 9.17) is 16.3 Å². The number of hydrogen-bond donors (Lipinski definition) is 0. The molecule has 0 aliphatic carbocycles. The molecule has 0 saturated carbocycles. The molecule has 0 unspecified atom stereocenters. The summed E-state index contributed by atoms with van der Waals surface area (Å²) in [5.41, 5.74) is 3.57. The molecule has 0 aliphatic heterocycles. The van der Waals surface area contributed by atoms with Crippen molar-refractivity contribution in [2.75, 3.05) is 0 Å². The van der Waals surface area contributed by atoms with Gasteiger partial charge in [-0.3, -0.25) is 15.0 Å². The van der Waals surface area contributed by atoms with Gasteiger partial charge in [0.2, 0.25) is 5.71 Å². The van der Waals surface area contributed by atoms with E-state index < -0.39 is 24.6 Å². The fraction of sp³-hybridized carbons (Fsp3) is 0.286. The summed E-state index contributed by atoms with van der Waals surface area (Å²) < 4.78 is 47.1. The van der Waals surface area contributed by atoms with Crippen molar-refractivity contribution in [3.05, 3.63) is 83.7 Å². The lowest BCUT2D eigenvalue weighted by Crippen LogP contribution is -2.20. The molecule has 0 atom stereocenters. The Kier molecular flexibility index (Phi) is 3.93. The van der Waals surface area contributed by atoms with Gasteiger partial charge in [0.1, 0.15) is 5.58 Å². The Morgan fingerprint density at radius 1 is 1.03 bits per heavy atom. The average molecular weight is 442 g/mol. The molecule has 0 aliphatic rings. The maximum absolute atomic E-state index is 8.64. The zero-order chi connectivity index (χ0) is 27.5. The Morgan fingerprint density at radius 3 is 2.61 bits per heavy atom. The Labute approximate surface area is 201 Å². The van der Waals surface area contributed by atoms with Crippen molar-refractivity contribution in [2.45, 2.75) is 46.3 Å². The van der Waals surface area contributed by atoms with E-state index in [-0.39, 0.29) is 11.1 Å². The van der Waals surface area contributed by atoms with Crippen LogP contribution in [-0.4, -0.2) is 19.9 Å². The van der Waals surface area contributed by atoms with Crippen LogP contribution in [-0.2, 0) is 11.8 Å². The number of aryl methyl sites for hydroxylation is 1. The van der Waals surface area contributed by atoms with Crippen LogP contribution in [0.15, 0.2) is 65.7 Å². The van der Waals surface area contributed by atoms with E-state index in [2.05, 4.69) is 28.8 Å². The molecule has 0 amide bonds. The highest BCUT2D eigenvalue weighted by Gasteiger charge is 2.29. The predicted octanol–water partition coefficient (Wildman–Crippen LogP) is 6.67. The molecule has 0 radical (unpaired) electrons. The van der Waals surface area contributed by atoms with Gasteiger partial charge in [-0.1, -0.05) is 27.7 Å². The minimum atomic E-state index is -2.49. The van der Waals surface area contributed by atoms with E-state index >= 15 is 0 Å². The van der Waals surface area contributed by atoms with Crippen molar-refractivity contribution in [1.29, 1.82) is 0 Å². The van der Waals surface area contributed by atoms with E-state index in [1.165, 1.54) is 12.3 Å². The summed E-state index contributed by atoms with van der Waals surface area (Å²) in [5, 5.41) is 1.58. The highest BCUT2D eigenvalue weighted by atomic mass is 16.3. The van der Waals surface area contributed by atoms with Crippen LogP contribution in [0, 0.1) is 12.8 Å². The highest BCUT2D eigenvalue weighted by molar-refractivity contribution is 6.06. The van der Waals surface area contributed by atoms with Gasteiger partial charge in [-0.15, -0.1) is 0 Å². The van der Waals surface area contributed by atoms with E-state index in [1.54, 1.807) is 38.6 Å². The molecule has 33 heavy (non-hydrogen) atoms. The molecule has 5 aromatic heterocycles. The average Bonchev–Trinajstić information content (AvgIpc) is 3.26. The van der Waals surface area contributed by atoms with Crippen LogP contribution in [0.3, 0.4) is 0 Å². The molecule has 5 nitrogen and oxygen atoms in total. The quantitative estimate of drug-likeness (QED) is 0.305.